The number of fused-ring (bicyclic) bond motifs is 2. The maximum absolute atomic E-state index is 12.6. The molecule has 124 valence electrons. The Labute approximate surface area is 131 Å². The van der Waals surface area contributed by atoms with Crippen molar-refractivity contribution in [2.75, 3.05) is 33.7 Å². The molecule has 0 aromatic carbocycles. The van der Waals surface area contributed by atoms with Crippen molar-refractivity contribution in [1.82, 2.24) is 20.0 Å². The lowest BCUT2D eigenvalue weighted by atomic mass is 9.86. The minimum absolute atomic E-state index is 0.0373. The van der Waals surface area contributed by atoms with Crippen molar-refractivity contribution in [3.8, 4) is 0 Å². The molecule has 7 heteroatoms. The molecule has 22 heavy (non-hydrogen) atoms. The molecule has 2 rings (SSSR count). The molecule has 0 aromatic rings. The van der Waals surface area contributed by atoms with Gasteiger partial charge in [-0.2, -0.15) is 0 Å². The van der Waals surface area contributed by atoms with Gasteiger partial charge in [0, 0.05) is 33.2 Å². The van der Waals surface area contributed by atoms with Crippen molar-refractivity contribution in [1.29, 1.82) is 0 Å². The zero-order chi connectivity index (χ0) is 16.4. The molecule has 2 saturated heterocycles. The molecule has 0 unspecified atom stereocenters. The van der Waals surface area contributed by atoms with E-state index in [1.807, 2.05) is 13.8 Å². The number of hydrogen-bond donors (Lipinski definition) is 1. The lowest BCUT2D eigenvalue weighted by Crippen LogP contribution is -2.63. The highest BCUT2D eigenvalue weighted by atomic mass is 16.2. The largest absolute Gasteiger partial charge is 0.347 e. The first-order valence-electron chi connectivity index (χ1n) is 7.85. The van der Waals surface area contributed by atoms with E-state index < -0.39 is 6.04 Å². The molecule has 2 heterocycles. The van der Waals surface area contributed by atoms with Crippen LogP contribution in [0.4, 0.5) is 4.79 Å². The summed E-state index contributed by atoms with van der Waals surface area (Å²) in [6.07, 6.45) is 1.58. The topological polar surface area (TPSA) is 73.0 Å². The Kier molecular flexibility index (Phi) is 4.93. The molecule has 0 spiro atoms. The Morgan fingerprint density at radius 3 is 2.64 bits per heavy atom. The predicted molar refractivity (Wildman–Crippen MR) is 82.2 cm³/mol. The molecule has 2 aliphatic rings. The second-order valence-corrected chi connectivity index (χ2v) is 6.71. The fourth-order valence-corrected chi connectivity index (χ4v) is 3.07. The highest BCUT2D eigenvalue weighted by Gasteiger charge is 2.43. The summed E-state index contributed by atoms with van der Waals surface area (Å²) >= 11 is 0. The number of likely N-dealkylation sites (tertiary alicyclic amines) is 2. The van der Waals surface area contributed by atoms with Gasteiger partial charge in [-0.3, -0.25) is 9.59 Å². The molecule has 4 amide bonds. The number of amides is 4. The van der Waals surface area contributed by atoms with Crippen LogP contribution in [0.15, 0.2) is 0 Å². The molecule has 2 aliphatic heterocycles. The predicted octanol–water partition coefficient (Wildman–Crippen LogP) is 0.115. The third-order valence-corrected chi connectivity index (χ3v) is 4.28. The van der Waals surface area contributed by atoms with E-state index in [4.69, 9.17) is 0 Å². The van der Waals surface area contributed by atoms with Gasteiger partial charge in [-0.05, 0) is 32.6 Å². The number of piperidine rings is 2. The molecule has 0 aromatic heterocycles. The Hall–Kier alpha value is -1.79. The Bertz CT molecular complexity index is 464. The van der Waals surface area contributed by atoms with Crippen LogP contribution in [-0.2, 0) is 9.59 Å². The Balaban J connectivity index is 2.08. The molecule has 0 radical (unpaired) electrons. The number of carbonyl (C=O) groups is 3. The zero-order valence-electron chi connectivity index (χ0n) is 13.8. The Morgan fingerprint density at radius 2 is 2.05 bits per heavy atom. The van der Waals surface area contributed by atoms with E-state index in [1.165, 1.54) is 4.90 Å². The summed E-state index contributed by atoms with van der Waals surface area (Å²) in [5.41, 5.74) is 0. The summed E-state index contributed by atoms with van der Waals surface area (Å²) in [7, 11) is 3.36. The van der Waals surface area contributed by atoms with Crippen molar-refractivity contribution < 1.29 is 14.4 Å². The standard InChI is InChI=1S/C15H26N4O3/c1-10(2)16-15(22)19-6-5-11-7-12(19)14(21)18(8-11)9-13(20)17(3)4/h10-12H,5-9H2,1-4H3,(H,16,22)/t11-,12+/m0/s1. The van der Waals surface area contributed by atoms with Crippen LogP contribution in [0, 0.1) is 5.92 Å². The van der Waals surface area contributed by atoms with E-state index in [9.17, 15) is 14.4 Å². The van der Waals surface area contributed by atoms with Gasteiger partial charge in [0.05, 0.1) is 6.54 Å². The van der Waals surface area contributed by atoms with E-state index >= 15 is 0 Å². The van der Waals surface area contributed by atoms with Gasteiger partial charge in [0.15, 0.2) is 0 Å². The summed E-state index contributed by atoms with van der Waals surface area (Å²) in [5, 5.41) is 2.85. The van der Waals surface area contributed by atoms with Crippen LogP contribution < -0.4 is 5.32 Å². The van der Waals surface area contributed by atoms with Gasteiger partial charge in [0.25, 0.3) is 0 Å². The molecule has 2 atom stereocenters. The van der Waals surface area contributed by atoms with E-state index in [0.29, 0.717) is 25.4 Å². The SMILES string of the molecule is CC(C)NC(=O)N1CC[C@H]2C[C@@H]1C(=O)N(CC(=O)N(C)C)C2. The van der Waals surface area contributed by atoms with Crippen molar-refractivity contribution >= 4 is 17.8 Å². The third-order valence-electron chi connectivity index (χ3n) is 4.28. The number of rotatable bonds is 3. The lowest BCUT2D eigenvalue weighted by molar-refractivity contribution is -0.148. The summed E-state index contributed by atoms with van der Waals surface area (Å²) in [6, 6.07) is -0.580. The van der Waals surface area contributed by atoms with Crippen molar-refractivity contribution in [3.05, 3.63) is 0 Å². The van der Waals surface area contributed by atoms with E-state index in [2.05, 4.69) is 5.32 Å². The molecular formula is C15H26N4O3. The fraction of sp³-hybridized carbons (Fsp3) is 0.800. The van der Waals surface area contributed by atoms with Gasteiger partial charge in [-0.25, -0.2) is 4.79 Å². The number of hydrogen-bond acceptors (Lipinski definition) is 3. The van der Waals surface area contributed by atoms with Crippen LogP contribution in [0.5, 0.6) is 0 Å². The average molecular weight is 310 g/mol. The van der Waals surface area contributed by atoms with Crippen LogP contribution in [0.3, 0.4) is 0 Å². The summed E-state index contributed by atoms with van der Waals surface area (Å²) < 4.78 is 0. The number of carbonyl (C=O) groups excluding carboxylic acids is 3. The second-order valence-electron chi connectivity index (χ2n) is 6.71. The molecule has 1 N–H and O–H groups in total. The molecule has 2 bridgehead atoms. The zero-order valence-corrected chi connectivity index (χ0v) is 13.8. The minimum Gasteiger partial charge on any atom is -0.347 e. The first-order chi connectivity index (χ1) is 10.3. The third kappa shape index (κ3) is 3.51. The second kappa shape index (κ2) is 6.54. The first kappa shape index (κ1) is 16.6. The quantitative estimate of drug-likeness (QED) is 0.804. The van der Waals surface area contributed by atoms with Crippen LogP contribution in [0.1, 0.15) is 26.7 Å². The molecule has 0 saturated carbocycles. The van der Waals surface area contributed by atoms with E-state index in [-0.39, 0.29) is 30.4 Å². The summed E-state index contributed by atoms with van der Waals surface area (Å²) in [6.45, 7) is 5.12. The maximum Gasteiger partial charge on any atom is 0.318 e. The molecule has 7 nitrogen and oxygen atoms in total. The van der Waals surface area contributed by atoms with Gasteiger partial charge in [-0.1, -0.05) is 0 Å². The maximum atomic E-state index is 12.6. The smallest absolute Gasteiger partial charge is 0.318 e. The van der Waals surface area contributed by atoms with Crippen LogP contribution in [0.25, 0.3) is 0 Å². The van der Waals surface area contributed by atoms with Gasteiger partial charge in [-0.15, -0.1) is 0 Å². The lowest BCUT2D eigenvalue weighted by Gasteiger charge is -2.46. The molecule has 2 fully saturated rings. The number of nitrogens with zero attached hydrogens (tertiary/aromatic N) is 3. The van der Waals surface area contributed by atoms with Crippen LogP contribution in [0.2, 0.25) is 0 Å². The highest BCUT2D eigenvalue weighted by molar-refractivity contribution is 5.91. The van der Waals surface area contributed by atoms with E-state index in [1.54, 1.807) is 23.9 Å². The number of urea groups is 1. The number of nitrogens with one attached hydrogen (secondary N) is 1. The number of likely N-dealkylation sites (N-methyl/N-ethyl adjacent to an activating group) is 1. The fourth-order valence-electron chi connectivity index (χ4n) is 3.07. The summed E-state index contributed by atoms with van der Waals surface area (Å²) in [5.74, 6) is 0.178. The van der Waals surface area contributed by atoms with Crippen LogP contribution in [-0.4, -0.2) is 78.4 Å². The van der Waals surface area contributed by atoms with Gasteiger partial charge < -0.3 is 20.0 Å². The van der Waals surface area contributed by atoms with Crippen molar-refractivity contribution in [2.24, 2.45) is 5.92 Å². The van der Waals surface area contributed by atoms with Crippen LogP contribution >= 0.6 is 0 Å². The minimum atomic E-state index is -0.429. The van der Waals surface area contributed by atoms with Gasteiger partial charge >= 0.3 is 6.03 Å². The Morgan fingerprint density at radius 1 is 1.36 bits per heavy atom. The monoisotopic (exact) mass is 310 g/mol. The first-order valence-corrected chi connectivity index (χ1v) is 7.85. The molecule has 0 aliphatic carbocycles. The molecular weight excluding hydrogens is 284 g/mol. The van der Waals surface area contributed by atoms with Crippen molar-refractivity contribution in [3.63, 3.8) is 0 Å². The van der Waals surface area contributed by atoms with Gasteiger partial charge in [0.2, 0.25) is 11.8 Å². The van der Waals surface area contributed by atoms with E-state index in [0.717, 1.165) is 6.42 Å². The average Bonchev–Trinajstić information content (AvgIpc) is 2.43. The van der Waals surface area contributed by atoms with Gasteiger partial charge in [0.1, 0.15) is 6.04 Å². The normalized spacial score (nSPS) is 24.5. The summed E-state index contributed by atoms with van der Waals surface area (Å²) in [4.78, 5) is 41.5. The highest BCUT2D eigenvalue weighted by Crippen LogP contribution is 2.30. The van der Waals surface area contributed by atoms with Crippen molar-refractivity contribution in [2.45, 2.75) is 38.8 Å².